The SMILES string of the molecule is COc1ccc2c(-c3ccccc3)c(-c3ccccc3)oc2c1. The fraction of sp³-hybridized carbons (Fsp3) is 0.0476. The molecule has 0 spiro atoms. The summed E-state index contributed by atoms with van der Waals surface area (Å²) in [5, 5.41) is 1.09. The average molecular weight is 300 g/mol. The van der Waals surface area contributed by atoms with Gasteiger partial charge in [0.05, 0.1) is 7.11 Å². The lowest BCUT2D eigenvalue weighted by Gasteiger charge is -2.04. The highest BCUT2D eigenvalue weighted by Crippen LogP contribution is 2.41. The molecule has 0 aliphatic carbocycles. The van der Waals surface area contributed by atoms with Gasteiger partial charge in [-0.2, -0.15) is 0 Å². The van der Waals surface area contributed by atoms with Crippen LogP contribution in [0, 0.1) is 0 Å². The number of methoxy groups -OCH3 is 1. The molecule has 23 heavy (non-hydrogen) atoms. The Bertz CT molecular complexity index is 938. The molecule has 0 fully saturated rings. The second-order valence-electron chi connectivity index (χ2n) is 5.40. The van der Waals surface area contributed by atoms with Gasteiger partial charge in [-0.3, -0.25) is 0 Å². The van der Waals surface area contributed by atoms with Crippen molar-refractivity contribution in [2.75, 3.05) is 7.11 Å². The quantitative estimate of drug-likeness (QED) is 0.479. The fourth-order valence-electron chi connectivity index (χ4n) is 2.89. The lowest BCUT2D eigenvalue weighted by Crippen LogP contribution is -1.82. The van der Waals surface area contributed by atoms with Gasteiger partial charge in [0.1, 0.15) is 17.1 Å². The molecule has 2 nitrogen and oxygen atoms in total. The first-order valence-electron chi connectivity index (χ1n) is 7.58. The summed E-state index contributed by atoms with van der Waals surface area (Å²) in [6.45, 7) is 0. The van der Waals surface area contributed by atoms with Crippen molar-refractivity contribution in [1.29, 1.82) is 0 Å². The molecule has 0 bridgehead atoms. The van der Waals surface area contributed by atoms with Gasteiger partial charge in [0.2, 0.25) is 0 Å². The van der Waals surface area contributed by atoms with Crippen molar-refractivity contribution in [2.45, 2.75) is 0 Å². The molecule has 1 aromatic heterocycles. The van der Waals surface area contributed by atoms with Gasteiger partial charge in [-0.05, 0) is 17.7 Å². The van der Waals surface area contributed by atoms with Crippen LogP contribution in [0.4, 0.5) is 0 Å². The highest BCUT2D eigenvalue weighted by molar-refractivity contribution is 6.02. The van der Waals surface area contributed by atoms with Gasteiger partial charge in [-0.25, -0.2) is 0 Å². The van der Waals surface area contributed by atoms with E-state index in [1.807, 2.05) is 48.5 Å². The van der Waals surface area contributed by atoms with Crippen molar-refractivity contribution in [3.8, 4) is 28.2 Å². The number of hydrogen-bond acceptors (Lipinski definition) is 2. The molecule has 3 aromatic carbocycles. The zero-order valence-corrected chi connectivity index (χ0v) is 12.8. The van der Waals surface area contributed by atoms with E-state index in [0.29, 0.717) is 0 Å². The number of ether oxygens (including phenoxy) is 1. The molecule has 0 saturated heterocycles. The number of benzene rings is 3. The number of furan rings is 1. The predicted molar refractivity (Wildman–Crippen MR) is 93.6 cm³/mol. The average Bonchev–Trinajstić information content (AvgIpc) is 3.01. The highest BCUT2D eigenvalue weighted by Gasteiger charge is 2.17. The second kappa shape index (κ2) is 5.65. The van der Waals surface area contributed by atoms with Crippen molar-refractivity contribution in [2.24, 2.45) is 0 Å². The van der Waals surface area contributed by atoms with Gasteiger partial charge in [-0.15, -0.1) is 0 Å². The largest absolute Gasteiger partial charge is 0.497 e. The van der Waals surface area contributed by atoms with E-state index in [-0.39, 0.29) is 0 Å². The minimum absolute atomic E-state index is 0.797. The van der Waals surface area contributed by atoms with Crippen LogP contribution >= 0.6 is 0 Å². The maximum atomic E-state index is 6.20. The Balaban J connectivity index is 2.04. The Morgan fingerprint density at radius 3 is 2.04 bits per heavy atom. The third-order valence-corrected chi connectivity index (χ3v) is 4.00. The molecule has 0 unspecified atom stereocenters. The fourth-order valence-corrected chi connectivity index (χ4v) is 2.89. The Hall–Kier alpha value is -3.00. The molecule has 0 amide bonds. The minimum Gasteiger partial charge on any atom is -0.497 e. The van der Waals surface area contributed by atoms with Crippen LogP contribution in [0.1, 0.15) is 0 Å². The van der Waals surface area contributed by atoms with Gasteiger partial charge in [0, 0.05) is 22.6 Å². The summed E-state index contributed by atoms with van der Waals surface area (Å²) >= 11 is 0. The molecular weight excluding hydrogens is 284 g/mol. The molecule has 0 saturated carbocycles. The van der Waals surface area contributed by atoms with E-state index in [4.69, 9.17) is 9.15 Å². The molecule has 0 aliphatic rings. The Morgan fingerprint density at radius 1 is 0.739 bits per heavy atom. The summed E-state index contributed by atoms with van der Waals surface area (Å²) in [6.07, 6.45) is 0. The number of rotatable bonds is 3. The Labute approximate surface area is 135 Å². The van der Waals surface area contributed by atoms with Gasteiger partial charge in [0.15, 0.2) is 0 Å². The summed E-state index contributed by atoms with van der Waals surface area (Å²) in [7, 11) is 1.67. The van der Waals surface area contributed by atoms with Crippen molar-refractivity contribution in [3.63, 3.8) is 0 Å². The van der Waals surface area contributed by atoms with Gasteiger partial charge >= 0.3 is 0 Å². The van der Waals surface area contributed by atoms with E-state index in [2.05, 4.69) is 30.3 Å². The normalized spacial score (nSPS) is 10.8. The molecule has 1 heterocycles. The topological polar surface area (TPSA) is 22.4 Å². The third-order valence-electron chi connectivity index (χ3n) is 4.00. The highest BCUT2D eigenvalue weighted by atomic mass is 16.5. The summed E-state index contributed by atoms with van der Waals surface area (Å²) < 4.78 is 11.5. The maximum Gasteiger partial charge on any atom is 0.143 e. The summed E-state index contributed by atoms with van der Waals surface area (Å²) in [5.41, 5.74) is 4.17. The van der Waals surface area contributed by atoms with Crippen molar-refractivity contribution >= 4 is 11.0 Å². The molecule has 4 rings (SSSR count). The third kappa shape index (κ3) is 2.38. The molecule has 4 aromatic rings. The van der Waals surface area contributed by atoms with Crippen LogP contribution in [0.25, 0.3) is 33.4 Å². The zero-order chi connectivity index (χ0) is 15.6. The van der Waals surface area contributed by atoms with Crippen LogP contribution in [0.5, 0.6) is 5.75 Å². The first-order valence-corrected chi connectivity index (χ1v) is 7.58. The first-order chi connectivity index (χ1) is 11.4. The van der Waals surface area contributed by atoms with E-state index in [1.54, 1.807) is 7.11 Å². The molecule has 0 radical (unpaired) electrons. The van der Waals surface area contributed by atoms with E-state index < -0.39 is 0 Å². The van der Waals surface area contributed by atoms with E-state index >= 15 is 0 Å². The molecule has 0 aliphatic heterocycles. The van der Waals surface area contributed by atoms with Crippen molar-refractivity contribution in [3.05, 3.63) is 78.9 Å². The molecule has 0 atom stereocenters. The summed E-state index contributed by atoms with van der Waals surface area (Å²) in [5.74, 6) is 1.69. The van der Waals surface area contributed by atoms with E-state index in [0.717, 1.165) is 39.2 Å². The Morgan fingerprint density at radius 2 is 1.39 bits per heavy atom. The minimum atomic E-state index is 0.797. The summed E-state index contributed by atoms with van der Waals surface area (Å²) in [4.78, 5) is 0. The van der Waals surface area contributed by atoms with Crippen LogP contribution in [-0.4, -0.2) is 7.11 Å². The van der Waals surface area contributed by atoms with Gasteiger partial charge in [0.25, 0.3) is 0 Å². The smallest absolute Gasteiger partial charge is 0.143 e. The van der Waals surface area contributed by atoms with Gasteiger partial charge < -0.3 is 9.15 Å². The van der Waals surface area contributed by atoms with Crippen LogP contribution in [0.3, 0.4) is 0 Å². The van der Waals surface area contributed by atoms with Crippen LogP contribution in [-0.2, 0) is 0 Å². The molecule has 112 valence electrons. The standard InChI is InChI=1S/C21H16O2/c1-22-17-12-13-18-19(14-17)23-21(16-10-6-3-7-11-16)20(18)15-8-4-2-5-9-15/h2-14H,1H3. The van der Waals surface area contributed by atoms with Crippen LogP contribution < -0.4 is 4.74 Å². The lowest BCUT2D eigenvalue weighted by atomic mass is 9.99. The molecule has 2 heteroatoms. The van der Waals surface area contributed by atoms with Crippen LogP contribution in [0.15, 0.2) is 83.3 Å². The first kappa shape index (κ1) is 13.6. The van der Waals surface area contributed by atoms with Gasteiger partial charge in [-0.1, -0.05) is 60.7 Å². The zero-order valence-electron chi connectivity index (χ0n) is 12.8. The molecule has 0 N–H and O–H groups in total. The Kier molecular flexibility index (Phi) is 3.35. The van der Waals surface area contributed by atoms with Crippen LogP contribution in [0.2, 0.25) is 0 Å². The maximum absolute atomic E-state index is 6.20. The number of hydrogen-bond donors (Lipinski definition) is 0. The summed E-state index contributed by atoms with van der Waals surface area (Å²) in [6, 6.07) is 26.5. The number of fused-ring (bicyclic) bond motifs is 1. The lowest BCUT2D eigenvalue weighted by molar-refractivity contribution is 0.414. The van der Waals surface area contributed by atoms with Crippen molar-refractivity contribution in [1.82, 2.24) is 0 Å². The van der Waals surface area contributed by atoms with E-state index in [1.165, 1.54) is 0 Å². The predicted octanol–water partition coefficient (Wildman–Crippen LogP) is 5.78. The van der Waals surface area contributed by atoms with Crippen molar-refractivity contribution < 1.29 is 9.15 Å². The second-order valence-corrected chi connectivity index (χ2v) is 5.40. The monoisotopic (exact) mass is 300 g/mol. The molecular formula is C21H16O2. The van der Waals surface area contributed by atoms with E-state index in [9.17, 15) is 0 Å².